The summed E-state index contributed by atoms with van der Waals surface area (Å²) in [5.41, 5.74) is 8.74. The van der Waals surface area contributed by atoms with Gasteiger partial charge in [-0.3, -0.25) is 4.79 Å². The van der Waals surface area contributed by atoms with Gasteiger partial charge < -0.3 is 11.1 Å². The number of nitrogens with zero attached hydrogens (tertiary/aromatic N) is 1. The molecule has 0 aliphatic rings. The monoisotopic (exact) mass is 454 g/mol. The molecule has 7 nitrogen and oxygen atoms in total. The fourth-order valence-corrected chi connectivity index (χ4v) is 4.44. The highest BCUT2D eigenvalue weighted by molar-refractivity contribution is 9.10. The van der Waals surface area contributed by atoms with Gasteiger partial charge in [0.25, 0.3) is 5.91 Å². The number of hydrogen-bond acceptors (Lipinski definition) is 6. The van der Waals surface area contributed by atoms with E-state index in [-0.39, 0.29) is 10.8 Å². The number of benzene rings is 1. The largest absolute Gasteiger partial charge is 0.397 e. The van der Waals surface area contributed by atoms with Gasteiger partial charge in [0, 0.05) is 15.5 Å². The number of rotatable bonds is 3. The fourth-order valence-electron chi connectivity index (χ4n) is 2.54. The lowest BCUT2D eigenvalue weighted by atomic mass is 10.1. The van der Waals surface area contributed by atoms with Crippen LogP contribution in [-0.2, 0) is 10.0 Å². The standard InChI is InChI=1S/C16H15BrN4O3S2/c1-7-11-13(18)14(25-16(11)20-8(2)12(7)17)15(22)21-9-3-5-10(6-4-9)26(19,23)24/h3-6H,18H2,1-2H3,(H,21,22)(H2,19,23,24). The van der Waals surface area contributed by atoms with Crippen LogP contribution in [0.5, 0.6) is 0 Å². The number of amides is 1. The molecule has 1 aromatic carbocycles. The topological polar surface area (TPSA) is 128 Å². The summed E-state index contributed by atoms with van der Waals surface area (Å²) in [6.45, 7) is 3.79. The molecule has 0 radical (unpaired) electrons. The maximum atomic E-state index is 12.6. The minimum atomic E-state index is -3.78. The Morgan fingerprint density at radius 3 is 2.42 bits per heavy atom. The van der Waals surface area contributed by atoms with Gasteiger partial charge in [-0.15, -0.1) is 11.3 Å². The Kier molecular flexibility index (Phi) is 4.78. The van der Waals surface area contributed by atoms with Crippen LogP contribution in [0, 0.1) is 13.8 Å². The predicted molar refractivity (Wildman–Crippen MR) is 107 cm³/mol. The second-order valence-corrected chi connectivity index (χ2v) is 9.04. The number of aryl methyl sites for hydroxylation is 2. The number of halogens is 1. The van der Waals surface area contributed by atoms with E-state index in [1.165, 1.54) is 35.6 Å². The number of pyridine rings is 1. The molecule has 3 aromatic rings. The number of anilines is 2. The highest BCUT2D eigenvalue weighted by atomic mass is 79.9. The summed E-state index contributed by atoms with van der Waals surface area (Å²) in [5, 5.41) is 8.52. The van der Waals surface area contributed by atoms with Crippen LogP contribution in [0.25, 0.3) is 10.2 Å². The van der Waals surface area contributed by atoms with Crippen molar-refractivity contribution in [1.82, 2.24) is 4.98 Å². The van der Waals surface area contributed by atoms with Crippen molar-refractivity contribution in [3.8, 4) is 0 Å². The van der Waals surface area contributed by atoms with E-state index in [9.17, 15) is 13.2 Å². The van der Waals surface area contributed by atoms with E-state index in [0.29, 0.717) is 21.1 Å². The number of sulfonamides is 1. The van der Waals surface area contributed by atoms with Crippen LogP contribution in [0.2, 0.25) is 0 Å². The summed E-state index contributed by atoms with van der Waals surface area (Å²) < 4.78 is 23.4. The first-order valence-electron chi connectivity index (χ1n) is 7.38. The number of nitrogen functional groups attached to an aromatic ring is 1. The van der Waals surface area contributed by atoms with Crippen LogP contribution in [0.3, 0.4) is 0 Å². The lowest BCUT2D eigenvalue weighted by Crippen LogP contribution is -2.14. The first-order chi connectivity index (χ1) is 12.1. The van der Waals surface area contributed by atoms with Crippen molar-refractivity contribution in [2.75, 3.05) is 11.1 Å². The molecule has 0 spiro atoms. The fraction of sp³-hybridized carbons (Fsp3) is 0.125. The van der Waals surface area contributed by atoms with Crippen LogP contribution in [0.1, 0.15) is 20.9 Å². The van der Waals surface area contributed by atoms with Gasteiger partial charge in [0.1, 0.15) is 9.71 Å². The Hall–Kier alpha value is -2.01. The molecular weight excluding hydrogens is 440 g/mol. The van der Waals surface area contributed by atoms with E-state index in [0.717, 1.165) is 21.1 Å². The van der Waals surface area contributed by atoms with E-state index in [4.69, 9.17) is 10.9 Å². The van der Waals surface area contributed by atoms with Crippen molar-refractivity contribution in [3.05, 3.63) is 44.9 Å². The average molecular weight is 455 g/mol. The Balaban J connectivity index is 1.96. The van der Waals surface area contributed by atoms with Crippen LogP contribution in [0.15, 0.2) is 33.6 Å². The van der Waals surface area contributed by atoms with E-state index in [1.54, 1.807) is 0 Å². The Labute approximate surface area is 162 Å². The van der Waals surface area contributed by atoms with Crippen molar-refractivity contribution >= 4 is 64.8 Å². The number of carbonyl (C=O) groups is 1. The third-order valence-corrected chi connectivity index (χ3v) is 7.06. The Bertz CT molecular complexity index is 1140. The number of hydrogen-bond donors (Lipinski definition) is 3. The van der Waals surface area contributed by atoms with Gasteiger partial charge >= 0.3 is 0 Å². The molecule has 0 bridgehead atoms. The lowest BCUT2D eigenvalue weighted by molar-refractivity contribution is 0.103. The van der Waals surface area contributed by atoms with Crippen molar-refractivity contribution in [2.45, 2.75) is 18.7 Å². The minimum Gasteiger partial charge on any atom is -0.397 e. The van der Waals surface area contributed by atoms with Crippen molar-refractivity contribution in [2.24, 2.45) is 5.14 Å². The third kappa shape index (κ3) is 3.32. The number of fused-ring (bicyclic) bond motifs is 1. The predicted octanol–water partition coefficient (Wildman–Crippen LogP) is 3.16. The normalized spacial score (nSPS) is 11.7. The highest BCUT2D eigenvalue weighted by Gasteiger charge is 2.21. The first kappa shape index (κ1) is 18.8. The maximum Gasteiger partial charge on any atom is 0.267 e. The summed E-state index contributed by atoms with van der Waals surface area (Å²) in [4.78, 5) is 18.1. The smallest absolute Gasteiger partial charge is 0.267 e. The lowest BCUT2D eigenvalue weighted by Gasteiger charge is -2.06. The summed E-state index contributed by atoms with van der Waals surface area (Å²) in [6.07, 6.45) is 0. The van der Waals surface area contributed by atoms with Gasteiger partial charge in [0.2, 0.25) is 10.0 Å². The van der Waals surface area contributed by atoms with Gasteiger partial charge in [-0.05, 0) is 59.6 Å². The SMILES string of the molecule is Cc1nc2sc(C(=O)Nc3ccc(S(N)(=O)=O)cc3)c(N)c2c(C)c1Br. The van der Waals surface area contributed by atoms with Crippen molar-refractivity contribution in [1.29, 1.82) is 0 Å². The number of thiophene rings is 1. The van der Waals surface area contributed by atoms with E-state index >= 15 is 0 Å². The van der Waals surface area contributed by atoms with Gasteiger partial charge in [-0.25, -0.2) is 18.5 Å². The van der Waals surface area contributed by atoms with Gasteiger partial charge in [0.15, 0.2) is 0 Å². The molecule has 3 rings (SSSR count). The van der Waals surface area contributed by atoms with Gasteiger partial charge in [0.05, 0.1) is 16.3 Å². The number of primary sulfonamides is 1. The third-order valence-electron chi connectivity index (χ3n) is 3.86. The molecule has 136 valence electrons. The molecular formula is C16H15BrN4O3S2. The molecule has 0 atom stereocenters. The first-order valence-corrected chi connectivity index (χ1v) is 10.5. The Morgan fingerprint density at radius 2 is 1.85 bits per heavy atom. The summed E-state index contributed by atoms with van der Waals surface area (Å²) in [6, 6.07) is 5.58. The second-order valence-electron chi connectivity index (χ2n) is 5.68. The molecule has 2 heterocycles. The zero-order valence-electron chi connectivity index (χ0n) is 13.8. The molecule has 0 fully saturated rings. The second kappa shape index (κ2) is 6.62. The van der Waals surface area contributed by atoms with Crippen LogP contribution >= 0.6 is 27.3 Å². The molecule has 0 aliphatic carbocycles. The van der Waals surface area contributed by atoms with Crippen LogP contribution in [0.4, 0.5) is 11.4 Å². The minimum absolute atomic E-state index is 0.0305. The quantitative estimate of drug-likeness (QED) is 0.559. The van der Waals surface area contributed by atoms with Crippen LogP contribution in [-0.4, -0.2) is 19.3 Å². The maximum absolute atomic E-state index is 12.6. The van der Waals surface area contributed by atoms with E-state index in [2.05, 4.69) is 26.2 Å². The average Bonchev–Trinajstić information content (AvgIpc) is 2.89. The molecule has 1 amide bonds. The van der Waals surface area contributed by atoms with Gasteiger partial charge in [-0.2, -0.15) is 0 Å². The molecule has 2 aromatic heterocycles. The number of aromatic nitrogens is 1. The zero-order chi connectivity index (χ0) is 19.2. The van der Waals surface area contributed by atoms with E-state index < -0.39 is 10.0 Å². The summed E-state index contributed by atoms with van der Waals surface area (Å²) in [7, 11) is -3.78. The molecule has 5 N–H and O–H groups in total. The number of nitrogens with one attached hydrogen (secondary N) is 1. The van der Waals surface area contributed by atoms with E-state index in [1.807, 2.05) is 13.8 Å². The number of carbonyl (C=O) groups excluding carboxylic acids is 1. The highest BCUT2D eigenvalue weighted by Crippen LogP contribution is 2.38. The molecule has 0 unspecified atom stereocenters. The molecule has 10 heteroatoms. The summed E-state index contributed by atoms with van der Waals surface area (Å²) in [5.74, 6) is -0.387. The molecule has 0 saturated heterocycles. The Morgan fingerprint density at radius 1 is 1.23 bits per heavy atom. The number of nitrogens with two attached hydrogens (primary N) is 2. The van der Waals surface area contributed by atoms with Crippen LogP contribution < -0.4 is 16.2 Å². The molecule has 26 heavy (non-hydrogen) atoms. The molecule has 0 aliphatic heterocycles. The van der Waals surface area contributed by atoms with Crippen molar-refractivity contribution < 1.29 is 13.2 Å². The molecule has 0 saturated carbocycles. The van der Waals surface area contributed by atoms with Gasteiger partial charge in [-0.1, -0.05) is 0 Å². The van der Waals surface area contributed by atoms with Crippen molar-refractivity contribution in [3.63, 3.8) is 0 Å². The summed E-state index contributed by atoms with van der Waals surface area (Å²) >= 11 is 4.69. The zero-order valence-corrected chi connectivity index (χ0v) is 17.0.